The van der Waals surface area contributed by atoms with Gasteiger partial charge >= 0.3 is 0 Å². The first-order valence-corrected chi connectivity index (χ1v) is 7.33. The molecule has 4 heteroatoms. The number of rotatable bonds is 5. The van der Waals surface area contributed by atoms with Gasteiger partial charge in [0, 0.05) is 25.2 Å². The molecule has 1 atom stereocenters. The van der Waals surface area contributed by atoms with E-state index in [1.54, 1.807) is 4.90 Å². The number of nitrogens with one attached hydrogen (secondary N) is 1. The van der Waals surface area contributed by atoms with Crippen LogP contribution in [0.2, 0.25) is 0 Å². The van der Waals surface area contributed by atoms with E-state index >= 15 is 0 Å². The van der Waals surface area contributed by atoms with E-state index in [0.29, 0.717) is 19.5 Å². The summed E-state index contributed by atoms with van der Waals surface area (Å²) in [6.07, 6.45) is 2.11. The van der Waals surface area contributed by atoms with Gasteiger partial charge in [-0.2, -0.15) is 0 Å². The number of para-hydroxylation sites is 1. The van der Waals surface area contributed by atoms with E-state index in [0.717, 1.165) is 24.1 Å². The molecular weight excluding hydrogens is 252 g/mol. The summed E-state index contributed by atoms with van der Waals surface area (Å²) in [6.45, 7) is 5.26. The van der Waals surface area contributed by atoms with Crippen molar-refractivity contribution in [3.05, 3.63) is 29.8 Å². The highest BCUT2D eigenvalue weighted by Gasteiger charge is 2.35. The first-order valence-electron chi connectivity index (χ1n) is 7.33. The predicted octanol–water partition coefficient (Wildman–Crippen LogP) is 2.13. The molecule has 0 aromatic heterocycles. The van der Waals surface area contributed by atoms with E-state index in [1.807, 2.05) is 31.2 Å². The van der Waals surface area contributed by atoms with Crippen molar-refractivity contribution in [2.24, 2.45) is 5.92 Å². The van der Waals surface area contributed by atoms with Gasteiger partial charge in [-0.05, 0) is 24.5 Å². The average molecular weight is 274 g/mol. The van der Waals surface area contributed by atoms with Crippen molar-refractivity contribution in [1.29, 1.82) is 0 Å². The number of benzene rings is 1. The van der Waals surface area contributed by atoms with Crippen molar-refractivity contribution in [2.45, 2.75) is 33.1 Å². The van der Waals surface area contributed by atoms with Gasteiger partial charge in [0.2, 0.25) is 11.8 Å². The van der Waals surface area contributed by atoms with Gasteiger partial charge in [-0.25, -0.2) is 0 Å². The summed E-state index contributed by atoms with van der Waals surface area (Å²) in [4.78, 5) is 25.9. The lowest BCUT2D eigenvalue weighted by Crippen LogP contribution is -2.33. The molecule has 1 aromatic carbocycles. The molecular formula is C16H22N2O2. The fraction of sp³-hybridized carbons (Fsp3) is 0.500. The van der Waals surface area contributed by atoms with E-state index in [2.05, 4.69) is 12.2 Å². The van der Waals surface area contributed by atoms with Crippen molar-refractivity contribution in [1.82, 2.24) is 5.32 Å². The van der Waals surface area contributed by atoms with Gasteiger partial charge in [0.25, 0.3) is 0 Å². The van der Waals surface area contributed by atoms with Gasteiger partial charge < -0.3 is 10.2 Å². The molecule has 20 heavy (non-hydrogen) atoms. The number of nitrogens with zero attached hydrogens (tertiary/aromatic N) is 1. The van der Waals surface area contributed by atoms with Crippen molar-refractivity contribution >= 4 is 17.5 Å². The molecule has 0 aliphatic carbocycles. The summed E-state index contributed by atoms with van der Waals surface area (Å²) < 4.78 is 0. The second-order valence-corrected chi connectivity index (χ2v) is 5.18. The van der Waals surface area contributed by atoms with E-state index in [1.165, 1.54) is 0 Å². The smallest absolute Gasteiger partial charge is 0.227 e. The summed E-state index contributed by atoms with van der Waals surface area (Å²) in [5, 5.41) is 2.88. The Morgan fingerprint density at radius 3 is 2.80 bits per heavy atom. The van der Waals surface area contributed by atoms with Crippen molar-refractivity contribution in [3.63, 3.8) is 0 Å². The van der Waals surface area contributed by atoms with Gasteiger partial charge in [-0.1, -0.05) is 32.0 Å². The van der Waals surface area contributed by atoms with Crippen LogP contribution < -0.4 is 10.2 Å². The summed E-state index contributed by atoms with van der Waals surface area (Å²) >= 11 is 0. The van der Waals surface area contributed by atoms with Crippen molar-refractivity contribution < 1.29 is 9.59 Å². The molecule has 0 saturated carbocycles. The van der Waals surface area contributed by atoms with Gasteiger partial charge in [-0.3, -0.25) is 9.59 Å². The minimum atomic E-state index is -0.223. The SMILES string of the molecule is CCCNC(=O)C1CC(=O)N(c2ccccc2CC)C1. The highest BCUT2D eigenvalue weighted by Crippen LogP contribution is 2.28. The first kappa shape index (κ1) is 14.6. The molecule has 1 N–H and O–H groups in total. The predicted molar refractivity (Wildman–Crippen MR) is 79.6 cm³/mol. The Morgan fingerprint density at radius 1 is 1.35 bits per heavy atom. The van der Waals surface area contributed by atoms with Crippen LogP contribution >= 0.6 is 0 Å². The molecule has 2 amide bonds. The zero-order valence-corrected chi connectivity index (χ0v) is 12.2. The Kier molecular flexibility index (Phi) is 4.77. The largest absolute Gasteiger partial charge is 0.356 e. The van der Waals surface area contributed by atoms with E-state index < -0.39 is 0 Å². The van der Waals surface area contributed by atoms with Crippen LogP contribution in [-0.4, -0.2) is 24.9 Å². The fourth-order valence-electron chi connectivity index (χ4n) is 2.58. The molecule has 2 rings (SSSR count). The number of carbonyl (C=O) groups is 2. The van der Waals surface area contributed by atoms with Gasteiger partial charge in [0.1, 0.15) is 0 Å². The summed E-state index contributed by atoms with van der Waals surface area (Å²) in [5.74, 6) is -0.182. The molecule has 1 unspecified atom stereocenters. The molecule has 1 fully saturated rings. The molecule has 0 radical (unpaired) electrons. The number of amides is 2. The van der Waals surface area contributed by atoms with Crippen LogP contribution in [0.5, 0.6) is 0 Å². The average Bonchev–Trinajstić information content (AvgIpc) is 2.86. The molecule has 0 spiro atoms. The maximum absolute atomic E-state index is 12.2. The lowest BCUT2D eigenvalue weighted by atomic mass is 10.1. The molecule has 108 valence electrons. The number of aryl methyl sites for hydroxylation is 1. The number of hydrogen-bond donors (Lipinski definition) is 1. The monoisotopic (exact) mass is 274 g/mol. The third-order valence-electron chi connectivity index (χ3n) is 3.71. The Morgan fingerprint density at radius 2 is 2.10 bits per heavy atom. The van der Waals surface area contributed by atoms with Gasteiger partial charge in [0.05, 0.1) is 5.92 Å². The van der Waals surface area contributed by atoms with Gasteiger partial charge in [0.15, 0.2) is 0 Å². The van der Waals surface area contributed by atoms with Crippen LogP contribution in [0.3, 0.4) is 0 Å². The third kappa shape index (κ3) is 3.00. The highest BCUT2D eigenvalue weighted by atomic mass is 16.2. The number of carbonyl (C=O) groups excluding carboxylic acids is 2. The Labute approximate surface area is 120 Å². The Bertz CT molecular complexity index is 499. The summed E-state index contributed by atoms with van der Waals surface area (Å²) in [7, 11) is 0. The summed E-state index contributed by atoms with van der Waals surface area (Å²) in [6, 6.07) is 7.91. The van der Waals surface area contributed by atoms with Crippen LogP contribution in [0.15, 0.2) is 24.3 Å². The lowest BCUT2D eigenvalue weighted by Gasteiger charge is -2.19. The molecule has 0 bridgehead atoms. The highest BCUT2D eigenvalue weighted by molar-refractivity contribution is 6.00. The minimum Gasteiger partial charge on any atom is -0.356 e. The van der Waals surface area contributed by atoms with E-state index in [4.69, 9.17) is 0 Å². The van der Waals surface area contributed by atoms with Crippen LogP contribution in [0.1, 0.15) is 32.3 Å². The quantitative estimate of drug-likeness (QED) is 0.894. The van der Waals surface area contributed by atoms with Crippen LogP contribution in [0, 0.1) is 5.92 Å². The molecule has 4 nitrogen and oxygen atoms in total. The minimum absolute atomic E-state index is 0.00307. The zero-order valence-electron chi connectivity index (χ0n) is 12.2. The van der Waals surface area contributed by atoms with E-state index in [-0.39, 0.29) is 17.7 Å². The summed E-state index contributed by atoms with van der Waals surface area (Å²) in [5.41, 5.74) is 2.10. The lowest BCUT2D eigenvalue weighted by molar-refractivity contribution is -0.126. The second-order valence-electron chi connectivity index (χ2n) is 5.18. The molecule has 1 saturated heterocycles. The third-order valence-corrected chi connectivity index (χ3v) is 3.71. The molecule has 1 aliphatic heterocycles. The topological polar surface area (TPSA) is 49.4 Å². The number of anilines is 1. The van der Waals surface area contributed by atoms with Gasteiger partial charge in [-0.15, -0.1) is 0 Å². The Hall–Kier alpha value is -1.84. The molecule has 1 heterocycles. The normalized spacial score (nSPS) is 18.4. The number of hydrogen-bond acceptors (Lipinski definition) is 2. The molecule has 1 aliphatic rings. The van der Waals surface area contributed by atoms with Crippen LogP contribution in [0.25, 0.3) is 0 Å². The van der Waals surface area contributed by atoms with Crippen molar-refractivity contribution in [2.75, 3.05) is 18.0 Å². The van der Waals surface area contributed by atoms with E-state index in [9.17, 15) is 9.59 Å². The fourth-order valence-corrected chi connectivity index (χ4v) is 2.58. The zero-order chi connectivity index (χ0) is 14.5. The van der Waals surface area contributed by atoms with Crippen LogP contribution in [0.4, 0.5) is 5.69 Å². The standard InChI is InChI=1S/C16H22N2O2/c1-3-9-17-16(20)13-10-15(19)18(11-13)14-8-6-5-7-12(14)4-2/h5-8,13H,3-4,9-11H2,1-2H3,(H,17,20). The maximum atomic E-state index is 12.2. The van der Waals surface area contributed by atoms with Crippen molar-refractivity contribution in [3.8, 4) is 0 Å². The second kappa shape index (κ2) is 6.55. The first-order chi connectivity index (χ1) is 9.67. The van der Waals surface area contributed by atoms with Crippen LogP contribution in [-0.2, 0) is 16.0 Å². The maximum Gasteiger partial charge on any atom is 0.227 e. The molecule has 1 aromatic rings. The Balaban J connectivity index is 2.11.